The van der Waals surface area contributed by atoms with Crippen LogP contribution in [0, 0.1) is 5.92 Å². The number of ether oxygens (including phenoxy) is 1. The first-order chi connectivity index (χ1) is 15.3. The Balaban J connectivity index is 1.31. The molecule has 2 aromatic rings. The van der Waals surface area contributed by atoms with Crippen LogP contribution in [0.4, 0.5) is 5.95 Å². The van der Waals surface area contributed by atoms with Crippen LogP contribution in [0.5, 0.6) is 0 Å². The molecular formula is C22H31N7OS. The molecule has 2 atom stereocenters. The van der Waals surface area contributed by atoms with Gasteiger partial charge in [0.15, 0.2) is 0 Å². The van der Waals surface area contributed by atoms with Crippen LogP contribution in [0.15, 0.2) is 40.5 Å². The second kappa shape index (κ2) is 9.79. The molecule has 3 aliphatic heterocycles. The minimum absolute atomic E-state index is 0.242. The third kappa shape index (κ3) is 5.01. The number of aromatic nitrogens is 3. The van der Waals surface area contributed by atoms with Crippen LogP contribution in [0.3, 0.4) is 0 Å². The van der Waals surface area contributed by atoms with E-state index in [1.165, 1.54) is 11.3 Å². The van der Waals surface area contributed by atoms with E-state index in [1.54, 1.807) is 11.8 Å². The number of nitrogens with one attached hydrogen (secondary N) is 1. The van der Waals surface area contributed by atoms with E-state index in [9.17, 15) is 0 Å². The second-order valence-corrected chi connectivity index (χ2v) is 9.23. The average molecular weight is 442 g/mol. The van der Waals surface area contributed by atoms with Gasteiger partial charge in [0.2, 0.25) is 11.1 Å². The number of fused-ring (bicyclic) bond motifs is 2. The third-order valence-electron chi connectivity index (χ3n) is 6.30. The summed E-state index contributed by atoms with van der Waals surface area (Å²) in [5.41, 5.74) is 2.61. The van der Waals surface area contributed by atoms with Gasteiger partial charge >= 0.3 is 0 Å². The van der Waals surface area contributed by atoms with Crippen molar-refractivity contribution in [1.82, 2.24) is 29.9 Å². The maximum Gasteiger partial charge on any atom is 0.248 e. The summed E-state index contributed by atoms with van der Waals surface area (Å²) in [4.78, 5) is 14.6. The van der Waals surface area contributed by atoms with E-state index in [4.69, 9.17) is 9.73 Å². The summed E-state index contributed by atoms with van der Waals surface area (Å²) in [6, 6.07) is 11.0. The summed E-state index contributed by atoms with van der Waals surface area (Å²) < 4.78 is 7.46. The van der Waals surface area contributed by atoms with Gasteiger partial charge in [0.05, 0.1) is 25.8 Å². The van der Waals surface area contributed by atoms with Crippen molar-refractivity contribution in [1.29, 1.82) is 0 Å². The SMILES string of the molecule is CSc1nc2n(n1)CC1CN(Cc3ccccc3)CC(NCCN3CCOCC3)C1=N2. The lowest BCUT2D eigenvalue weighted by molar-refractivity contribution is 0.0381. The molecule has 1 aromatic carbocycles. The molecule has 2 fully saturated rings. The summed E-state index contributed by atoms with van der Waals surface area (Å²) in [6.45, 7) is 9.53. The summed E-state index contributed by atoms with van der Waals surface area (Å²) in [7, 11) is 0. The van der Waals surface area contributed by atoms with E-state index < -0.39 is 0 Å². The number of piperidine rings is 1. The molecule has 2 saturated heterocycles. The van der Waals surface area contributed by atoms with Gasteiger partial charge < -0.3 is 10.1 Å². The molecule has 1 aromatic heterocycles. The van der Waals surface area contributed by atoms with Crippen LogP contribution in [0.2, 0.25) is 0 Å². The van der Waals surface area contributed by atoms with Gasteiger partial charge in [-0.05, 0) is 11.8 Å². The minimum atomic E-state index is 0.242. The van der Waals surface area contributed by atoms with Crippen molar-refractivity contribution in [3.8, 4) is 0 Å². The summed E-state index contributed by atoms with van der Waals surface area (Å²) in [6.07, 6.45) is 2.01. The molecule has 5 rings (SSSR count). The lowest BCUT2D eigenvalue weighted by atomic mass is 9.90. The second-order valence-electron chi connectivity index (χ2n) is 8.45. The molecule has 0 spiro atoms. The van der Waals surface area contributed by atoms with Crippen molar-refractivity contribution in [2.45, 2.75) is 24.3 Å². The predicted octanol–water partition coefficient (Wildman–Crippen LogP) is 1.51. The molecule has 0 amide bonds. The summed E-state index contributed by atoms with van der Waals surface area (Å²) >= 11 is 1.57. The number of nitrogens with zero attached hydrogens (tertiary/aromatic N) is 6. The van der Waals surface area contributed by atoms with Crippen molar-refractivity contribution in [2.24, 2.45) is 10.9 Å². The first kappa shape index (κ1) is 21.1. The Kier molecular flexibility index (Phi) is 6.66. The smallest absolute Gasteiger partial charge is 0.248 e. The van der Waals surface area contributed by atoms with Crippen molar-refractivity contribution < 1.29 is 4.74 Å². The number of hydrogen-bond acceptors (Lipinski definition) is 8. The van der Waals surface area contributed by atoms with Crippen LogP contribution in [0.25, 0.3) is 0 Å². The maximum atomic E-state index is 5.48. The summed E-state index contributed by atoms with van der Waals surface area (Å²) in [5.74, 6) is 1.12. The van der Waals surface area contributed by atoms with Gasteiger partial charge in [-0.15, -0.1) is 5.10 Å². The van der Waals surface area contributed by atoms with Crippen LogP contribution in [0.1, 0.15) is 5.56 Å². The van der Waals surface area contributed by atoms with Crippen molar-refractivity contribution in [3.05, 3.63) is 35.9 Å². The Hall–Kier alpha value is -1.78. The first-order valence-corrected chi connectivity index (χ1v) is 12.4. The zero-order chi connectivity index (χ0) is 21.0. The van der Waals surface area contributed by atoms with Gasteiger partial charge in [0.1, 0.15) is 0 Å². The van der Waals surface area contributed by atoms with Gasteiger partial charge in [-0.25, -0.2) is 9.67 Å². The molecule has 3 aliphatic rings. The zero-order valence-electron chi connectivity index (χ0n) is 18.1. The number of hydrogen-bond donors (Lipinski definition) is 1. The molecule has 0 radical (unpaired) electrons. The quantitative estimate of drug-likeness (QED) is 0.653. The normalized spacial score (nSPS) is 24.5. The standard InChI is InChI=1S/C22H31N7OS/c1-31-22-25-21-24-20-18(15-29(21)26-22)14-28(13-17-5-3-2-4-6-17)16-19(20)23-7-8-27-9-11-30-12-10-27/h2-6,18-19,23H,7-16H2,1H3. The molecule has 0 saturated carbocycles. The van der Waals surface area contributed by atoms with Crippen LogP contribution in [-0.4, -0.2) is 95.1 Å². The van der Waals surface area contributed by atoms with E-state index in [1.807, 2.05) is 10.9 Å². The van der Waals surface area contributed by atoms with Crippen LogP contribution in [-0.2, 0) is 17.8 Å². The van der Waals surface area contributed by atoms with Gasteiger partial charge in [-0.1, -0.05) is 42.1 Å². The lowest BCUT2D eigenvalue weighted by Gasteiger charge is -2.41. The number of benzene rings is 1. The first-order valence-electron chi connectivity index (χ1n) is 11.2. The molecule has 9 heteroatoms. The van der Waals surface area contributed by atoms with E-state index >= 15 is 0 Å². The number of morpholine rings is 1. The molecule has 8 nitrogen and oxygen atoms in total. The fourth-order valence-electron chi connectivity index (χ4n) is 4.73. The largest absolute Gasteiger partial charge is 0.379 e. The Morgan fingerprint density at radius 1 is 1.10 bits per heavy atom. The van der Waals surface area contributed by atoms with E-state index in [-0.39, 0.29) is 6.04 Å². The van der Waals surface area contributed by atoms with Gasteiger partial charge in [-0.3, -0.25) is 9.80 Å². The fourth-order valence-corrected chi connectivity index (χ4v) is 5.08. The molecule has 31 heavy (non-hydrogen) atoms. The highest BCUT2D eigenvalue weighted by Crippen LogP contribution is 2.28. The van der Waals surface area contributed by atoms with Crippen LogP contribution < -0.4 is 5.32 Å². The van der Waals surface area contributed by atoms with E-state index in [0.29, 0.717) is 5.92 Å². The van der Waals surface area contributed by atoms with Crippen molar-refractivity contribution >= 4 is 23.4 Å². The highest BCUT2D eigenvalue weighted by molar-refractivity contribution is 7.98. The number of thioether (sulfide) groups is 1. The minimum Gasteiger partial charge on any atom is -0.379 e. The predicted molar refractivity (Wildman–Crippen MR) is 123 cm³/mol. The fraction of sp³-hybridized carbons (Fsp3) is 0.591. The van der Waals surface area contributed by atoms with Gasteiger partial charge in [0, 0.05) is 57.4 Å². The molecule has 166 valence electrons. The Labute approximate surface area is 188 Å². The molecule has 4 heterocycles. The van der Waals surface area contributed by atoms with Gasteiger partial charge in [-0.2, -0.15) is 4.98 Å². The van der Waals surface area contributed by atoms with Crippen molar-refractivity contribution in [3.63, 3.8) is 0 Å². The Bertz CT molecular complexity index is 897. The highest BCUT2D eigenvalue weighted by atomic mass is 32.2. The Morgan fingerprint density at radius 3 is 2.74 bits per heavy atom. The highest BCUT2D eigenvalue weighted by Gasteiger charge is 2.37. The summed E-state index contributed by atoms with van der Waals surface area (Å²) in [5, 5.41) is 9.24. The van der Waals surface area contributed by atoms with Gasteiger partial charge in [0.25, 0.3) is 0 Å². The third-order valence-corrected chi connectivity index (χ3v) is 6.84. The number of aliphatic imine (C=N–C) groups is 1. The molecule has 2 unspecified atom stereocenters. The number of rotatable bonds is 7. The maximum absolute atomic E-state index is 5.48. The zero-order valence-corrected chi connectivity index (χ0v) is 18.9. The molecule has 0 bridgehead atoms. The molecule has 0 aliphatic carbocycles. The van der Waals surface area contributed by atoms with Crippen molar-refractivity contribution in [2.75, 3.05) is 58.7 Å². The number of likely N-dealkylation sites (tertiary alicyclic amines) is 1. The van der Waals surface area contributed by atoms with E-state index in [2.05, 4.69) is 55.5 Å². The Morgan fingerprint density at radius 2 is 1.94 bits per heavy atom. The van der Waals surface area contributed by atoms with E-state index in [0.717, 1.165) is 76.7 Å². The van der Waals surface area contributed by atoms with Crippen LogP contribution >= 0.6 is 11.8 Å². The topological polar surface area (TPSA) is 70.8 Å². The monoisotopic (exact) mass is 441 g/mol. The molecule has 1 N–H and O–H groups in total. The lowest BCUT2D eigenvalue weighted by Crippen LogP contribution is -2.58. The molecular weight excluding hydrogens is 410 g/mol. The average Bonchev–Trinajstić information content (AvgIpc) is 3.21.